The Balaban J connectivity index is 0.000000149. The third kappa shape index (κ3) is 8.02. The molecule has 8 aromatic rings. The van der Waals surface area contributed by atoms with Crippen LogP contribution in [0.2, 0.25) is 0 Å². The van der Waals surface area contributed by atoms with Crippen LogP contribution in [0.3, 0.4) is 0 Å². The second kappa shape index (κ2) is 16.5. The van der Waals surface area contributed by atoms with Crippen LogP contribution in [0.5, 0.6) is 0 Å². The van der Waals surface area contributed by atoms with E-state index in [-0.39, 0.29) is 53.5 Å². The van der Waals surface area contributed by atoms with Gasteiger partial charge in [-0.1, -0.05) is 60.7 Å². The highest BCUT2D eigenvalue weighted by atomic mass is 35.5. The molecule has 4 atom stereocenters. The van der Waals surface area contributed by atoms with Crippen LogP contribution in [0.15, 0.2) is 107 Å². The molecule has 0 aliphatic heterocycles. The van der Waals surface area contributed by atoms with E-state index in [1.807, 2.05) is 60.7 Å². The molecule has 2 fully saturated rings. The fourth-order valence-corrected chi connectivity index (χ4v) is 7.69. The number of aliphatic hydroxyl groups is 2. The van der Waals surface area contributed by atoms with Crippen LogP contribution in [0.4, 0.5) is 11.4 Å². The van der Waals surface area contributed by atoms with Crippen molar-refractivity contribution < 1.29 is 24.9 Å². The first kappa shape index (κ1) is 40.8. The minimum Gasteiger partial charge on any atom is -0.510 e. The van der Waals surface area contributed by atoms with E-state index < -0.39 is 17.1 Å². The fraction of sp³-hybridized carbons (Fsp3) is 0.182. The van der Waals surface area contributed by atoms with Crippen molar-refractivity contribution in [1.82, 2.24) is 30.4 Å². The molecule has 0 bridgehead atoms. The van der Waals surface area contributed by atoms with E-state index in [2.05, 4.69) is 35.7 Å². The molecule has 0 spiro atoms. The number of carbonyl (C=O) groups is 2. The van der Waals surface area contributed by atoms with Gasteiger partial charge in [0.05, 0.1) is 39.8 Å². The number of carboxylic acid groups (broad SMARTS) is 1. The second-order valence-corrected chi connectivity index (χ2v) is 14.8. The van der Waals surface area contributed by atoms with Crippen molar-refractivity contribution in [3.8, 4) is 0 Å². The number of nitrogen functional groups attached to an aromatic ring is 1. The van der Waals surface area contributed by atoms with Crippen molar-refractivity contribution in [3.63, 3.8) is 0 Å². The summed E-state index contributed by atoms with van der Waals surface area (Å²) in [4.78, 5) is 53.7. The van der Waals surface area contributed by atoms with Gasteiger partial charge in [-0.3, -0.25) is 19.2 Å². The summed E-state index contributed by atoms with van der Waals surface area (Å²) in [6.45, 7) is 3.11. The molecule has 10 rings (SSSR count). The second-order valence-electron chi connectivity index (χ2n) is 14.8. The lowest BCUT2D eigenvalue weighted by Crippen LogP contribution is -2.15. The average Bonchev–Trinajstić information content (AvgIpc) is 4.14. The molecule has 2 aliphatic rings. The maximum atomic E-state index is 12.7. The number of amides is 1. The molecule has 304 valence electrons. The number of nitrogens with one attached hydrogen (secondary N) is 3. The Bertz CT molecular complexity index is 3170. The van der Waals surface area contributed by atoms with Crippen molar-refractivity contribution in [3.05, 3.63) is 140 Å². The number of halogens is 1. The number of carbonyl (C=O) groups excluding carboxylic acids is 1. The summed E-state index contributed by atoms with van der Waals surface area (Å²) in [6, 6.07) is 26.5. The lowest BCUT2D eigenvalue weighted by molar-refractivity contribution is -0.138. The zero-order chi connectivity index (χ0) is 41.5. The maximum absolute atomic E-state index is 12.7. The van der Waals surface area contributed by atoms with Crippen LogP contribution in [-0.4, -0.2) is 57.6 Å². The quantitative estimate of drug-likeness (QED) is 0.108. The van der Waals surface area contributed by atoms with Gasteiger partial charge >= 0.3 is 5.97 Å². The summed E-state index contributed by atoms with van der Waals surface area (Å²) in [7, 11) is 0. The van der Waals surface area contributed by atoms with Gasteiger partial charge in [-0.05, 0) is 73.9 Å². The molecule has 4 heterocycles. The Labute approximate surface area is 346 Å². The van der Waals surface area contributed by atoms with Crippen LogP contribution in [0.25, 0.3) is 54.9 Å². The number of H-pyrrole nitrogens is 2. The van der Waals surface area contributed by atoms with Gasteiger partial charge in [-0.25, -0.2) is 0 Å². The third-order valence-electron chi connectivity index (χ3n) is 10.7. The van der Waals surface area contributed by atoms with Crippen LogP contribution < -0.4 is 32.9 Å². The van der Waals surface area contributed by atoms with Crippen LogP contribution in [0.1, 0.15) is 49.7 Å². The summed E-state index contributed by atoms with van der Waals surface area (Å²) in [5, 5.41) is 50.3. The van der Waals surface area contributed by atoms with Crippen LogP contribution >= 0.6 is 12.4 Å². The molecule has 8 N–H and O–H groups in total. The molecule has 0 unspecified atom stereocenters. The Kier molecular flexibility index (Phi) is 11.2. The number of anilines is 2. The molecular weight excluding hydrogens is 788 g/mol. The van der Waals surface area contributed by atoms with E-state index in [4.69, 9.17) is 10.8 Å². The molecule has 15 nitrogen and oxygen atoms in total. The zero-order valence-corrected chi connectivity index (χ0v) is 33.0. The molecule has 2 aliphatic carbocycles. The van der Waals surface area contributed by atoms with E-state index in [0.717, 1.165) is 24.0 Å². The SMILES string of the molecule is CC(O)=c1[nH]c2cc(N)cc3c(=O)nncc1c23.CC(O)=c1[nH]c2cc(NC(=O)[C@@H]3C[C@H]3c3ccccc3)cc3c(=O)nncc1c23.Cl.O=C(O)[C@@H]1C[C@H]1c1ccccc1. The number of hydrogen-bond acceptors (Lipinski definition) is 11. The van der Waals surface area contributed by atoms with Gasteiger partial charge in [0, 0.05) is 49.9 Å². The smallest absolute Gasteiger partial charge is 0.307 e. The number of benzene rings is 4. The molecule has 4 aromatic carbocycles. The maximum Gasteiger partial charge on any atom is 0.307 e. The molecule has 16 heteroatoms. The first-order valence-corrected chi connectivity index (χ1v) is 18.8. The topological polar surface area (TPSA) is 250 Å². The highest BCUT2D eigenvalue weighted by Gasteiger charge is 2.44. The highest BCUT2D eigenvalue weighted by Crippen LogP contribution is 2.48. The van der Waals surface area contributed by atoms with Crippen molar-refractivity contribution in [1.29, 1.82) is 0 Å². The van der Waals surface area contributed by atoms with Crippen molar-refractivity contribution in [2.45, 2.75) is 38.5 Å². The zero-order valence-electron chi connectivity index (χ0n) is 32.2. The Hall–Kier alpha value is -7.39. The predicted octanol–water partition coefficient (Wildman–Crippen LogP) is 5.37. The van der Waals surface area contributed by atoms with E-state index in [0.29, 0.717) is 65.4 Å². The molecule has 2 saturated carbocycles. The third-order valence-corrected chi connectivity index (χ3v) is 10.7. The van der Waals surface area contributed by atoms with E-state index in [1.54, 1.807) is 38.1 Å². The number of nitrogens with zero attached hydrogens (tertiary/aromatic N) is 4. The van der Waals surface area contributed by atoms with Gasteiger partial charge in [-0.15, -0.1) is 22.6 Å². The number of aliphatic hydroxyl groups excluding tert-OH is 2. The standard InChI is InChI=1S/C22H18N4O3.C12H10N4O2.C10H10O2.ClH/c1-11(27)20-17-10-23-26-22(29)16-7-13(8-18(25-20)19(16)17)24-21(28)15-9-14(15)12-5-3-2-4-6-12;1-5(17)11-8-4-14-16-12(18)7-2-6(13)3-9(15-11)10(7)8;11-10(12)9-6-8(9)7-4-2-1-3-5-7;/h2-8,10,14-15,25,27H,9H2,1H3,(H,24,28);2-4,15,17H,13H2,1H3;1-5,8-9H,6H2,(H,11,12);1H/t14-,15+;;8-,9+;/m0.0./s1. The predicted molar refractivity (Wildman–Crippen MR) is 232 cm³/mol. The van der Waals surface area contributed by atoms with Crippen molar-refractivity contribution in [2.75, 3.05) is 11.1 Å². The summed E-state index contributed by atoms with van der Waals surface area (Å²) in [5.74, 6) is -0.263. The van der Waals surface area contributed by atoms with Crippen molar-refractivity contribution >= 4 is 90.5 Å². The summed E-state index contributed by atoms with van der Waals surface area (Å²) in [5.41, 5.74) is 9.41. The summed E-state index contributed by atoms with van der Waals surface area (Å²) in [6.07, 6.45) is 4.52. The molecule has 0 saturated heterocycles. The molecule has 1 amide bonds. The van der Waals surface area contributed by atoms with Gasteiger partial charge in [0.1, 0.15) is 11.5 Å². The normalized spacial score (nSPS) is 18.6. The largest absolute Gasteiger partial charge is 0.510 e. The number of carboxylic acids is 1. The fourth-order valence-electron chi connectivity index (χ4n) is 7.69. The highest BCUT2D eigenvalue weighted by molar-refractivity contribution is 6.12. The van der Waals surface area contributed by atoms with Gasteiger partial charge in [-0.2, -0.15) is 10.2 Å². The lowest BCUT2D eigenvalue weighted by Gasteiger charge is -2.06. The Morgan fingerprint density at radius 2 is 1.13 bits per heavy atom. The number of aliphatic carboxylic acids is 1. The molecular formula is C44H39ClN8O7. The Morgan fingerprint density at radius 1 is 0.667 bits per heavy atom. The summed E-state index contributed by atoms with van der Waals surface area (Å²) >= 11 is 0. The van der Waals surface area contributed by atoms with Crippen LogP contribution in [-0.2, 0) is 9.59 Å². The van der Waals surface area contributed by atoms with E-state index in [1.165, 1.54) is 12.4 Å². The van der Waals surface area contributed by atoms with Crippen LogP contribution in [0, 0.1) is 11.8 Å². The Morgan fingerprint density at radius 3 is 1.62 bits per heavy atom. The van der Waals surface area contributed by atoms with Gasteiger partial charge in [0.2, 0.25) is 5.91 Å². The monoisotopic (exact) mass is 826 g/mol. The van der Waals surface area contributed by atoms with E-state index in [9.17, 15) is 29.4 Å². The molecule has 4 aromatic heterocycles. The minimum absolute atomic E-state index is 0. The number of aromatic amines is 2. The average molecular weight is 827 g/mol. The van der Waals surface area contributed by atoms with E-state index >= 15 is 0 Å². The van der Waals surface area contributed by atoms with Gasteiger partial charge < -0.3 is 36.3 Å². The molecule has 60 heavy (non-hydrogen) atoms. The molecule has 0 radical (unpaired) electrons. The lowest BCUT2D eigenvalue weighted by atomic mass is 10.1. The number of hydrogen-bond donors (Lipinski definition) is 7. The summed E-state index contributed by atoms with van der Waals surface area (Å²) < 4.78 is 0. The van der Waals surface area contributed by atoms with Gasteiger partial charge in [0.25, 0.3) is 11.1 Å². The minimum atomic E-state index is -0.663. The first-order chi connectivity index (χ1) is 28.4. The van der Waals surface area contributed by atoms with Crippen molar-refractivity contribution in [2.24, 2.45) is 11.8 Å². The first-order valence-electron chi connectivity index (χ1n) is 18.8. The van der Waals surface area contributed by atoms with Gasteiger partial charge in [0.15, 0.2) is 0 Å². The number of nitrogens with two attached hydrogens (primary N) is 1. The number of aromatic nitrogens is 6. The number of rotatable bonds is 5.